The fourth-order valence-corrected chi connectivity index (χ4v) is 2.12. The number of halogens is 2. The Morgan fingerprint density at radius 3 is 2.44 bits per heavy atom. The molecule has 1 atom stereocenters. The molecule has 2 rings (SSSR count). The third kappa shape index (κ3) is 2.80. The molecule has 0 aliphatic rings. The van der Waals surface area contributed by atoms with Crippen LogP contribution in [-0.4, -0.2) is 17.0 Å². The number of aromatic nitrogens is 2. The maximum Gasteiger partial charge on any atom is 0.149 e. The summed E-state index contributed by atoms with van der Waals surface area (Å²) >= 11 is 12.2. The summed E-state index contributed by atoms with van der Waals surface area (Å²) in [5.41, 5.74) is 1.89. The smallest absolute Gasteiger partial charge is 0.149 e. The average Bonchev–Trinajstić information content (AvgIpc) is 2.37. The molecule has 1 heterocycles. The van der Waals surface area contributed by atoms with Gasteiger partial charge in [-0.3, -0.25) is 0 Å². The van der Waals surface area contributed by atoms with Crippen LogP contribution in [0, 0.1) is 6.92 Å². The summed E-state index contributed by atoms with van der Waals surface area (Å²) in [7, 11) is 1.84. The molecule has 1 N–H and O–H groups in total. The van der Waals surface area contributed by atoms with Crippen molar-refractivity contribution in [3.63, 3.8) is 0 Å². The van der Waals surface area contributed by atoms with Gasteiger partial charge in [0.2, 0.25) is 0 Å². The molecule has 1 aromatic carbocycles. The molecule has 2 aromatic rings. The standard InChI is InChI=1S/C13H13Cl2N3/c1-8-6-17-13(18-7-8)12(16-2)10-5-9(14)3-4-11(10)15/h3-7,12,16H,1-2H3. The predicted octanol–water partition coefficient (Wildman–Crippen LogP) is 3.40. The molecule has 18 heavy (non-hydrogen) atoms. The van der Waals surface area contributed by atoms with Crippen LogP contribution in [0.5, 0.6) is 0 Å². The van der Waals surface area contributed by atoms with Gasteiger partial charge in [0.15, 0.2) is 0 Å². The summed E-state index contributed by atoms with van der Waals surface area (Å²) in [6.45, 7) is 1.95. The average molecular weight is 282 g/mol. The van der Waals surface area contributed by atoms with Crippen LogP contribution in [0.1, 0.15) is 23.0 Å². The van der Waals surface area contributed by atoms with Gasteiger partial charge in [-0.25, -0.2) is 9.97 Å². The van der Waals surface area contributed by atoms with Crippen LogP contribution in [0.15, 0.2) is 30.6 Å². The minimum atomic E-state index is -0.170. The Balaban J connectivity index is 2.44. The zero-order valence-electron chi connectivity index (χ0n) is 10.1. The fourth-order valence-electron chi connectivity index (χ4n) is 1.71. The van der Waals surface area contributed by atoms with Gasteiger partial charge in [0.05, 0.1) is 6.04 Å². The Morgan fingerprint density at radius 2 is 1.83 bits per heavy atom. The molecule has 5 heteroatoms. The Bertz CT molecular complexity index is 540. The molecule has 0 aliphatic heterocycles. The second-order valence-corrected chi connectivity index (χ2v) is 4.85. The van der Waals surface area contributed by atoms with Crippen molar-refractivity contribution in [2.24, 2.45) is 0 Å². The van der Waals surface area contributed by atoms with Gasteiger partial charge in [-0.05, 0) is 43.3 Å². The number of aryl methyl sites for hydroxylation is 1. The summed E-state index contributed by atoms with van der Waals surface area (Å²) in [4.78, 5) is 8.64. The summed E-state index contributed by atoms with van der Waals surface area (Å²) in [5.74, 6) is 0.673. The minimum absolute atomic E-state index is 0.170. The summed E-state index contributed by atoms with van der Waals surface area (Å²) < 4.78 is 0. The van der Waals surface area contributed by atoms with E-state index in [1.165, 1.54) is 0 Å². The molecule has 0 spiro atoms. The second kappa shape index (κ2) is 5.65. The number of nitrogens with zero attached hydrogens (tertiary/aromatic N) is 2. The molecule has 0 bridgehead atoms. The molecule has 0 aliphatic carbocycles. The SMILES string of the molecule is CNC(c1ncc(C)cn1)c1cc(Cl)ccc1Cl. The van der Waals surface area contributed by atoms with Crippen LogP contribution < -0.4 is 5.32 Å². The van der Waals surface area contributed by atoms with Crippen LogP contribution in [0.3, 0.4) is 0 Å². The summed E-state index contributed by atoms with van der Waals surface area (Å²) in [6.07, 6.45) is 3.57. The van der Waals surface area contributed by atoms with Crippen molar-refractivity contribution in [2.75, 3.05) is 7.05 Å². The highest BCUT2D eigenvalue weighted by Gasteiger charge is 2.18. The van der Waals surface area contributed by atoms with Gasteiger partial charge in [0.1, 0.15) is 5.82 Å². The van der Waals surface area contributed by atoms with Crippen molar-refractivity contribution in [1.29, 1.82) is 0 Å². The molecule has 0 amide bonds. The van der Waals surface area contributed by atoms with Gasteiger partial charge < -0.3 is 5.32 Å². The monoisotopic (exact) mass is 281 g/mol. The summed E-state index contributed by atoms with van der Waals surface area (Å²) in [5, 5.41) is 4.44. The lowest BCUT2D eigenvalue weighted by Gasteiger charge is -2.16. The van der Waals surface area contributed by atoms with E-state index in [1.807, 2.05) is 20.0 Å². The van der Waals surface area contributed by atoms with E-state index in [9.17, 15) is 0 Å². The van der Waals surface area contributed by atoms with Gasteiger partial charge in [-0.2, -0.15) is 0 Å². The topological polar surface area (TPSA) is 37.8 Å². The van der Waals surface area contributed by atoms with Gasteiger partial charge in [0.25, 0.3) is 0 Å². The number of nitrogens with one attached hydrogen (secondary N) is 1. The van der Waals surface area contributed by atoms with Crippen LogP contribution in [0.4, 0.5) is 0 Å². The lowest BCUT2D eigenvalue weighted by molar-refractivity contribution is 0.645. The van der Waals surface area contributed by atoms with E-state index >= 15 is 0 Å². The van der Waals surface area contributed by atoms with Crippen molar-refractivity contribution in [3.8, 4) is 0 Å². The highest BCUT2D eigenvalue weighted by Crippen LogP contribution is 2.28. The minimum Gasteiger partial charge on any atom is -0.307 e. The van der Waals surface area contributed by atoms with Gasteiger partial charge in [-0.15, -0.1) is 0 Å². The summed E-state index contributed by atoms with van der Waals surface area (Å²) in [6, 6.07) is 5.19. The lowest BCUT2D eigenvalue weighted by Crippen LogP contribution is -2.20. The number of hydrogen-bond donors (Lipinski definition) is 1. The molecule has 3 nitrogen and oxygen atoms in total. The largest absolute Gasteiger partial charge is 0.307 e. The van der Waals surface area contributed by atoms with Crippen LogP contribution >= 0.6 is 23.2 Å². The van der Waals surface area contributed by atoms with E-state index in [-0.39, 0.29) is 6.04 Å². The van der Waals surface area contributed by atoms with E-state index in [4.69, 9.17) is 23.2 Å². The van der Waals surface area contributed by atoms with E-state index in [0.29, 0.717) is 15.9 Å². The number of hydrogen-bond acceptors (Lipinski definition) is 3. The van der Waals surface area contributed by atoms with Crippen LogP contribution in [0.2, 0.25) is 10.0 Å². The maximum atomic E-state index is 6.20. The molecule has 0 radical (unpaired) electrons. The lowest BCUT2D eigenvalue weighted by atomic mass is 10.1. The highest BCUT2D eigenvalue weighted by atomic mass is 35.5. The normalized spacial score (nSPS) is 12.4. The third-order valence-corrected chi connectivity index (χ3v) is 3.20. The zero-order chi connectivity index (χ0) is 13.1. The van der Waals surface area contributed by atoms with Gasteiger partial charge in [-0.1, -0.05) is 23.2 Å². The first-order chi connectivity index (χ1) is 8.61. The number of benzene rings is 1. The van der Waals surface area contributed by atoms with Crippen LogP contribution in [0.25, 0.3) is 0 Å². The zero-order valence-corrected chi connectivity index (χ0v) is 11.6. The van der Waals surface area contributed by atoms with Crippen molar-refractivity contribution in [2.45, 2.75) is 13.0 Å². The predicted molar refractivity (Wildman–Crippen MR) is 74.1 cm³/mol. The Hall–Kier alpha value is -1.16. The first-order valence-electron chi connectivity index (χ1n) is 5.52. The quantitative estimate of drug-likeness (QED) is 0.937. The van der Waals surface area contributed by atoms with Crippen molar-refractivity contribution >= 4 is 23.2 Å². The molecule has 0 fully saturated rings. The maximum absolute atomic E-state index is 6.20. The third-order valence-electron chi connectivity index (χ3n) is 2.62. The molecule has 1 aromatic heterocycles. The first-order valence-corrected chi connectivity index (χ1v) is 6.28. The molecule has 1 unspecified atom stereocenters. The van der Waals surface area contributed by atoms with Crippen LogP contribution in [-0.2, 0) is 0 Å². The molecular formula is C13H13Cl2N3. The Morgan fingerprint density at radius 1 is 1.17 bits per heavy atom. The van der Waals surface area contributed by atoms with Crippen molar-refractivity contribution < 1.29 is 0 Å². The molecule has 0 saturated heterocycles. The van der Waals surface area contributed by atoms with E-state index in [1.54, 1.807) is 24.5 Å². The van der Waals surface area contributed by atoms with Crippen molar-refractivity contribution in [1.82, 2.24) is 15.3 Å². The van der Waals surface area contributed by atoms with Gasteiger partial charge >= 0.3 is 0 Å². The Labute approximate surface area is 116 Å². The van der Waals surface area contributed by atoms with E-state index in [2.05, 4.69) is 15.3 Å². The van der Waals surface area contributed by atoms with E-state index < -0.39 is 0 Å². The first kappa shape index (κ1) is 13.3. The fraction of sp³-hybridized carbons (Fsp3) is 0.231. The van der Waals surface area contributed by atoms with Crippen molar-refractivity contribution in [3.05, 3.63) is 57.6 Å². The second-order valence-electron chi connectivity index (χ2n) is 4.01. The van der Waals surface area contributed by atoms with Gasteiger partial charge in [0, 0.05) is 22.4 Å². The Kier molecular flexibility index (Phi) is 4.17. The van der Waals surface area contributed by atoms with E-state index in [0.717, 1.165) is 11.1 Å². The highest BCUT2D eigenvalue weighted by molar-refractivity contribution is 6.33. The number of rotatable bonds is 3. The molecule has 0 saturated carbocycles. The molecule has 94 valence electrons. The molecular weight excluding hydrogens is 269 g/mol.